The molecular formula is C24H33NO2Si. The molecule has 0 saturated heterocycles. The van der Waals surface area contributed by atoms with Crippen LogP contribution in [0.1, 0.15) is 33.3 Å². The molecule has 0 bridgehead atoms. The largest absolute Gasteiger partial charge is 0.444 e. The minimum Gasteiger partial charge on any atom is -0.444 e. The Morgan fingerprint density at radius 3 is 2.04 bits per heavy atom. The van der Waals surface area contributed by atoms with Crippen LogP contribution < -0.4 is 5.19 Å². The summed E-state index contributed by atoms with van der Waals surface area (Å²) in [6.45, 7) is 13.6. The quantitative estimate of drug-likeness (QED) is 0.602. The first-order valence-corrected chi connectivity index (χ1v) is 12.9. The fraction of sp³-hybridized carbons (Fsp3) is 0.375. The lowest BCUT2D eigenvalue weighted by molar-refractivity contribution is 0.0254. The van der Waals surface area contributed by atoms with E-state index in [1.54, 1.807) is 0 Å². The lowest BCUT2D eigenvalue weighted by Crippen LogP contribution is -2.48. The second-order valence-electron chi connectivity index (χ2n) is 8.63. The molecule has 2 aromatic carbocycles. The lowest BCUT2D eigenvalue weighted by atomic mass is 10.2. The highest BCUT2D eigenvalue weighted by atomic mass is 28.3. The minimum absolute atomic E-state index is 0.270. The molecule has 0 unspecified atom stereocenters. The highest BCUT2D eigenvalue weighted by Crippen LogP contribution is 2.20. The van der Waals surface area contributed by atoms with Gasteiger partial charge in [0, 0.05) is 13.1 Å². The Morgan fingerprint density at radius 2 is 1.54 bits per heavy atom. The molecule has 3 nitrogen and oxygen atoms in total. The molecule has 1 amide bonds. The van der Waals surface area contributed by atoms with Crippen molar-refractivity contribution in [1.82, 2.24) is 4.90 Å². The van der Waals surface area contributed by atoms with Crippen LogP contribution in [0.15, 0.2) is 71.9 Å². The van der Waals surface area contributed by atoms with Gasteiger partial charge in [0.2, 0.25) is 0 Å². The smallest absolute Gasteiger partial charge is 0.410 e. The van der Waals surface area contributed by atoms with Crippen molar-refractivity contribution in [2.45, 2.75) is 52.9 Å². The summed E-state index contributed by atoms with van der Waals surface area (Å²) in [5.74, 6) is 0. The normalized spacial score (nSPS) is 12.6. The average molecular weight is 396 g/mol. The first kappa shape index (κ1) is 22.0. The van der Waals surface area contributed by atoms with Crippen molar-refractivity contribution in [3.8, 4) is 0 Å². The van der Waals surface area contributed by atoms with E-state index in [1.807, 2.05) is 62.1 Å². The maximum absolute atomic E-state index is 13.0. The molecule has 0 N–H and O–H groups in total. The Morgan fingerprint density at radius 1 is 1.00 bits per heavy atom. The summed E-state index contributed by atoms with van der Waals surface area (Å²) in [7, 11) is -1.88. The minimum atomic E-state index is -1.88. The molecule has 2 aromatic rings. The fourth-order valence-electron chi connectivity index (χ4n) is 3.21. The van der Waals surface area contributed by atoms with Crippen LogP contribution in [0.2, 0.25) is 13.1 Å². The third kappa shape index (κ3) is 6.09. The number of nitrogens with zero attached hydrogens (tertiary/aromatic N) is 1. The van der Waals surface area contributed by atoms with E-state index < -0.39 is 13.7 Å². The summed E-state index contributed by atoms with van der Waals surface area (Å²) in [4.78, 5) is 14.8. The zero-order chi connectivity index (χ0) is 20.8. The van der Waals surface area contributed by atoms with Crippen molar-refractivity contribution in [3.63, 3.8) is 0 Å². The van der Waals surface area contributed by atoms with Crippen molar-refractivity contribution in [1.29, 1.82) is 0 Å². The summed E-state index contributed by atoms with van der Waals surface area (Å²) in [5, 5.41) is 2.69. The topological polar surface area (TPSA) is 29.5 Å². The van der Waals surface area contributed by atoms with Gasteiger partial charge in [0.1, 0.15) is 13.7 Å². The molecule has 0 heterocycles. The highest BCUT2D eigenvalue weighted by molar-refractivity contribution is 6.95. The van der Waals surface area contributed by atoms with Crippen molar-refractivity contribution in [2.75, 3.05) is 6.54 Å². The van der Waals surface area contributed by atoms with Gasteiger partial charge in [-0.1, -0.05) is 90.2 Å². The summed E-state index contributed by atoms with van der Waals surface area (Å²) < 4.78 is 5.71. The second-order valence-corrected chi connectivity index (χ2v) is 13.1. The molecule has 0 aliphatic heterocycles. The number of rotatable bonds is 6. The number of benzene rings is 2. The van der Waals surface area contributed by atoms with Crippen LogP contribution in [0.25, 0.3) is 0 Å². The van der Waals surface area contributed by atoms with E-state index in [0.717, 1.165) is 5.56 Å². The molecule has 0 atom stereocenters. The van der Waals surface area contributed by atoms with Gasteiger partial charge < -0.3 is 9.64 Å². The van der Waals surface area contributed by atoms with Gasteiger partial charge in [-0.25, -0.2) is 4.79 Å². The number of carbonyl (C=O) groups is 1. The van der Waals surface area contributed by atoms with Crippen LogP contribution in [0.5, 0.6) is 0 Å². The van der Waals surface area contributed by atoms with E-state index in [9.17, 15) is 4.79 Å². The van der Waals surface area contributed by atoms with E-state index in [0.29, 0.717) is 13.1 Å². The predicted octanol–water partition coefficient (Wildman–Crippen LogP) is 5.52. The second kappa shape index (κ2) is 9.24. The van der Waals surface area contributed by atoms with Gasteiger partial charge in [0.25, 0.3) is 0 Å². The maximum atomic E-state index is 13.0. The number of ether oxygens (including phenoxy) is 1. The van der Waals surface area contributed by atoms with Gasteiger partial charge in [-0.15, -0.1) is 0 Å². The molecule has 0 aromatic heterocycles. The van der Waals surface area contributed by atoms with Crippen LogP contribution in [0.3, 0.4) is 0 Å². The van der Waals surface area contributed by atoms with Crippen LogP contribution >= 0.6 is 0 Å². The molecule has 28 heavy (non-hydrogen) atoms. The van der Waals surface area contributed by atoms with Crippen LogP contribution in [-0.4, -0.2) is 31.2 Å². The fourth-order valence-corrected chi connectivity index (χ4v) is 5.92. The first-order chi connectivity index (χ1) is 13.1. The maximum Gasteiger partial charge on any atom is 0.410 e. The van der Waals surface area contributed by atoms with Crippen LogP contribution in [0, 0.1) is 0 Å². The van der Waals surface area contributed by atoms with E-state index in [2.05, 4.69) is 50.4 Å². The van der Waals surface area contributed by atoms with Crippen molar-refractivity contribution in [3.05, 3.63) is 77.5 Å². The van der Waals surface area contributed by atoms with Crippen LogP contribution in [0.4, 0.5) is 4.79 Å². The number of allylic oxidation sites excluding steroid dienone is 1. The first-order valence-electron chi connectivity index (χ1n) is 9.86. The number of hydrogen-bond acceptors (Lipinski definition) is 2. The van der Waals surface area contributed by atoms with Gasteiger partial charge in [0.15, 0.2) is 0 Å². The van der Waals surface area contributed by atoms with E-state index in [4.69, 9.17) is 4.74 Å². The Balaban J connectivity index is 2.30. The Labute approximate surface area is 171 Å². The van der Waals surface area contributed by atoms with Crippen LogP contribution in [-0.2, 0) is 11.3 Å². The van der Waals surface area contributed by atoms with Gasteiger partial charge in [0.05, 0.1) is 0 Å². The average Bonchev–Trinajstić information content (AvgIpc) is 2.65. The van der Waals surface area contributed by atoms with E-state index in [1.165, 1.54) is 10.4 Å². The van der Waals surface area contributed by atoms with E-state index >= 15 is 0 Å². The Bertz CT molecular complexity index is 792. The molecule has 0 aliphatic rings. The lowest BCUT2D eigenvalue weighted by Gasteiger charge is -2.33. The van der Waals surface area contributed by atoms with Gasteiger partial charge in [-0.05, 0) is 33.3 Å². The highest BCUT2D eigenvalue weighted by Gasteiger charge is 2.31. The third-order valence-corrected chi connectivity index (χ3v) is 8.70. The molecule has 0 spiro atoms. The number of amides is 1. The van der Waals surface area contributed by atoms with Crippen molar-refractivity contribution < 1.29 is 9.53 Å². The molecule has 150 valence electrons. The Hall–Kier alpha value is -2.33. The molecule has 0 saturated carbocycles. The number of hydrogen-bond donors (Lipinski definition) is 0. The molecule has 0 radical (unpaired) electrons. The summed E-state index contributed by atoms with van der Waals surface area (Å²) >= 11 is 0. The zero-order valence-electron chi connectivity index (χ0n) is 18.0. The third-order valence-electron chi connectivity index (χ3n) is 4.88. The molecule has 4 heteroatoms. The predicted molar refractivity (Wildman–Crippen MR) is 120 cm³/mol. The summed E-state index contributed by atoms with van der Waals surface area (Å²) in [5.41, 5.74) is 0.581. The SMILES string of the molecule is C/C=C(/CN(Cc1ccccc1)C(=O)OC(C)(C)C)[Si](C)(C)c1ccccc1. The monoisotopic (exact) mass is 395 g/mol. The number of carbonyl (C=O) groups excluding carboxylic acids is 1. The molecule has 0 aliphatic carbocycles. The van der Waals surface area contributed by atoms with Gasteiger partial charge >= 0.3 is 6.09 Å². The van der Waals surface area contributed by atoms with Crippen molar-refractivity contribution in [2.24, 2.45) is 0 Å². The van der Waals surface area contributed by atoms with Gasteiger partial charge in [-0.3, -0.25) is 0 Å². The summed E-state index contributed by atoms with van der Waals surface area (Å²) in [6, 6.07) is 20.7. The van der Waals surface area contributed by atoms with Gasteiger partial charge in [-0.2, -0.15) is 0 Å². The zero-order valence-corrected chi connectivity index (χ0v) is 19.0. The summed E-state index contributed by atoms with van der Waals surface area (Å²) in [6.07, 6.45) is 1.91. The van der Waals surface area contributed by atoms with E-state index in [-0.39, 0.29) is 6.09 Å². The molecular weight excluding hydrogens is 362 g/mol. The Kier molecular flexibility index (Phi) is 7.25. The molecule has 2 rings (SSSR count). The van der Waals surface area contributed by atoms with Crippen molar-refractivity contribution >= 4 is 19.4 Å². The molecule has 0 fully saturated rings. The standard InChI is InChI=1S/C24H33NO2Si/c1-7-21(28(5,6)22-16-12-9-13-17-22)19-25(23(26)27-24(2,3)4)18-20-14-10-8-11-15-20/h7-17H,18-19H2,1-6H3/b21-7-.